The molecule has 0 unspecified atom stereocenters. The highest BCUT2D eigenvalue weighted by Gasteiger charge is 2.34. The summed E-state index contributed by atoms with van der Waals surface area (Å²) in [5.74, 6) is -2.10. The summed E-state index contributed by atoms with van der Waals surface area (Å²) in [6.07, 6.45) is -0.536. The molecule has 0 spiro atoms. The average Bonchev–Trinajstić information content (AvgIpc) is 3.55. The van der Waals surface area contributed by atoms with Gasteiger partial charge in [0.15, 0.2) is 11.5 Å². The van der Waals surface area contributed by atoms with Gasteiger partial charge in [-0.1, -0.05) is 13.0 Å². The Labute approximate surface area is 265 Å². The summed E-state index contributed by atoms with van der Waals surface area (Å²) in [6.45, 7) is 5.86. The number of amides is 2. The lowest BCUT2D eigenvalue weighted by molar-refractivity contribution is -0.138. The van der Waals surface area contributed by atoms with E-state index in [4.69, 9.17) is 0 Å². The van der Waals surface area contributed by atoms with E-state index in [9.17, 15) is 22.4 Å². The van der Waals surface area contributed by atoms with E-state index in [1.807, 2.05) is 11.8 Å². The third-order valence-corrected chi connectivity index (χ3v) is 7.85. The number of rotatable bonds is 8. The molecule has 0 aliphatic carbocycles. The Balaban J connectivity index is 1.19. The number of aromatic amines is 1. The number of likely N-dealkylation sites (N-methyl/N-ethyl adjacent to an activating group) is 1. The van der Waals surface area contributed by atoms with Crippen molar-refractivity contribution in [3.63, 3.8) is 0 Å². The Morgan fingerprint density at radius 3 is 2.51 bits per heavy atom. The second-order valence-electron chi connectivity index (χ2n) is 10.8. The van der Waals surface area contributed by atoms with Crippen molar-refractivity contribution in [3.8, 4) is 11.3 Å². The Bertz CT molecular complexity index is 1910. The van der Waals surface area contributed by atoms with Gasteiger partial charge in [0.2, 0.25) is 0 Å². The number of carbonyl (C=O) groups is 1. The molecule has 16 heteroatoms. The number of nitrogens with one attached hydrogen (secondary N) is 4. The quantitative estimate of drug-likeness (QED) is 0.145. The molecule has 0 radical (unpaired) electrons. The molecule has 0 bridgehead atoms. The first-order chi connectivity index (χ1) is 22.6. The van der Waals surface area contributed by atoms with Crippen LogP contribution in [0.3, 0.4) is 0 Å². The predicted octanol–water partition coefficient (Wildman–Crippen LogP) is 6.24. The van der Waals surface area contributed by atoms with E-state index in [0.717, 1.165) is 37.8 Å². The van der Waals surface area contributed by atoms with Gasteiger partial charge in [0.25, 0.3) is 0 Å². The maximum Gasteiger partial charge on any atom is 0.416 e. The van der Waals surface area contributed by atoms with Gasteiger partial charge in [-0.15, -0.1) is 0 Å². The number of imidazole rings is 1. The molecular weight excluding hydrogens is 623 g/mol. The third kappa shape index (κ3) is 6.97. The van der Waals surface area contributed by atoms with Crippen molar-refractivity contribution in [2.45, 2.75) is 19.6 Å². The van der Waals surface area contributed by atoms with Crippen LogP contribution in [0.1, 0.15) is 18.1 Å². The van der Waals surface area contributed by atoms with Crippen LogP contribution in [0.5, 0.6) is 0 Å². The Morgan fingerprint density at radius 1 is 0.957 bits per heavy atom. The van der Waals surface area contributed by atoms with E-state index in [-0.39, 0.29) is 23.6 Å². The number of anilines is 4. The summed E-state index contributed by atoms with van der Waals surface area (Å²) in [5, 5.41) is 7.20. The Hall–Kier alpha value is -5.22. The van der Waals surface area contributed by atoms with Crippen LogP contribution in [-0.4, -0.2) is 73.5 Å². The molecule has 4 N–H and O–H groups in total. The van der Waals surface area contributed by atoms with Crippen LogP contribution in [-0.2, 0) is 12.7 Å². The number of urea groups is 1. The van der Waals surface area contributed by atoms with Gasteiger partial charge in [-0.3, -0.25) is 4.90 Å². The van der Waals surface area contributed by atoms with Crippen molar-refractivity contribution in [3.05, 3.63) is 84.1 Å². The molecule has 244 valence electrons. The number of hydrogen-bond acceptors (Lipinski definition) is 8. The van der Waals surface area contributed by atoms with Crippen molar-refractivity contribution in [1.29, 1.82) is 0 Å². The fourth-order valence-corrected chi connectivity index (χ4v) is 5.39. The fraction of sp³-hybridized carbons (Fsp3) is 0.258. The van der Waals surface area contributed by atoms with Gasteiger partial charge < -0.3 is 25.8 Å². The lowest BCUT2D eigenvalue weighted by atomic mass is 10.0. The summed E-state index contributed by atoms with van der Waals surface area (Å²) in [7, 11) is 0. The van der Waals surface area contributed by atoms with Gasteiger partial charge >= 0.3 is 12.2 Å². The first kappa shape index (κ1) is 31.7. The van der Waals surface area contributed by atoms with Crippen LogP contribution >= 0.6 is 0 Å². The Kier molecular flexibility index (Phi) is 8.95. The number of hydrogen-bond donors (Lipinski definition) is 4. The van der Waals surface area contributed by atoms with Crippen LogP contribution in [0.25, 0.3) is 22.4 Å². The smallest absolute Gasteiger partial charge is 0.341 e. The molecule has 1 saturated heterocycles. The number of alkyl halides is 3. The first-order valence-electron chi connectivity index (χ1n) is 14.7. The van der Waals surface area contributed by atoms with Gasteiger partial charge in [-0.2, -0.15) is 13.2 Å². The number of pyridine rings is 1. The van der Waals surface area contributed by atoms with Crippen LogP contribution in [0.15, 0.2) is 61.3 Å². The molecule has 0 atom stereocenters. The van der Waals surface area contributed by atoms with Crippen LogP contribution in [0, 0.1) is 11.6 Å². The van der Waals surface area contributed by atoms with Crippen molar-refractivity contribution in [2.75, 3.05) is 48.7 Å². The lowest BCUT2D eigenvalue weighted by Crippen LogP contribution is -2.45. The molecule has 3 aromatic heterocycles. The minimum absolute atomic E-state index is 0.0496. The van der Waals surface area contributed by atoms with Gasteiger partial charge in [0, 0.05) is 50.2 Å². The zero-order valence-corrected chi connectivity index (χ0v) is 25.0. The zero-order valence-electron chi connectivity index (χ0n) is 25.0. The van der Waals surface area contributed by atoms with Crippen molar-refractivity contribution in [1.82, 2.24) is 34.7 Å². The largest absolute Gasteiger partial charge is 0.416 e. The van der Waals surface area contributed by atoms with E-state index in [1.165, 1.54) is 31.0 Å². The molecule has 2 aromatic carbocycles. The normalized spacial score (nSPS) is 14.3. The minimum atomic E-state index is -4.67. The number of H-pyrrole nitrogens is 1. The van der Waals surface area contributed by atoms with Crippen LogP contribution in [0.2, 0.25) is 0 Å². The summed E-state index contributed by atoms with van der Waals surface area (Å²) < 4.78 is 72.6. The number of carbonyl (C=O) groups excluding carboxylic acids is 1. The van der Waals surface area contributed by atoms with Gasteiger partial charge in [-0.25, -0.2) is 33.5 Å². The minimum Gasteiger partial charge on any atom is -0.341 e. The fourth-order valence-electron chi connectivity index (χ4n) is 5.39. The van der Waals surface area contributed by atoms with Crippen molar-refractivity contribution >= 4 is 40.1 Å². The topological polar surface area (TPSA) is 127 Å². The van der Waals surface area contributed by atoms with Gasteiger partial charge in [0.05, 0.1) is 17.6 Å². The average molecular weight is 653 g/mol. The van der Waals surface area contributed by atoms with Crippen molar-refractivity contribution in [2.24, 2.45) is 0 Å². The second kappa shape index (κ2) is 13.3. The molecule has 4 heterocycles. The third-order valence-electron chi connectivity index (χ3n) is 7.85. The van der Waals surface area contributed by atoms with E-state index in [2.05, 4.69) is 45.8 Å². The highest BCUT2D eigenvalue weighted by Crippen LogP contribution is 2.36. The molecule has 6 rings (SSSR count). The standard InChI is InChI=1S/C31H29F5N10O/c1-2-45-10-12-46(13-11-45)15-18-5-6-19(14-21(18)31(34,35)36)42-30(47)43-23-8-7-22(32)26(24(23)33)44-28-20(4-3-9-37-28)25-27-29(40-16-38-25)41-17-39-27/h3-9,14,16-17H,2,10-13,15H2,1H3,(H,37,44)(H2,42,43,47)(H,38,39,40,41). The number of halogens is 5. The molecule has 0 saturated carbocycles. The molecule has 1 aliphatic rings. The summed E-state index contributed by atoms with van der Waals surface area (Å²) in [6, 6.07) is 7.67. The van der Waals surface area contributed by atoms with E-state index >= 15 is 4.39 Å². The van der Waals surface area contributed by atoms with Crippen LogP contribution in [0.4, 0.5) is 49.6 Å². The molecule has 5 aromatic rings. The molecule has 11 nitrogen and oxygen atoms in total. The highest BCUT2D eigenvalue weighted by molar-refractivity contribution is 6.00. The SMILES string of the molecule is CCN1CCN(Cc2ccc(NC(=O)Nc3ccc(F)c(Nc4ncccc4-c4ncnc5nc[nH]c45)c3F)cc2C(F)(F)F)CC1. The van der Waals surface area contributed by atoms with Crippen LogP contribution < -0.4 is 16.0 Å². The van der Waals surface area contributed by atoms with E-state index in [1.54, 1.807) is 12.1 Å². The summed E-state index contributed by atoms with van der Waals surface area (Å²) >= 11 is 0. The van der Waals surface area contributed by atoms with Gasteiger partial charge in [0.1, 0.15) is 34.9 Å². The number of fused-ring (bicyclic) bond motifs is 1. The number of nitrogens with zero attached hydrogens (tertiary/aromatic N) is 6. The zero-order chi connectivity index (χ0) is 33.1. The van der Waals surface area contributed by atoms with Crippen molar-refractivity contribution < 1.29 is 26.7 Å². The van der Waals surface area contributed by atoms with Gasteiger partial charge in [-0.05, 0) is 48.5 Å². The summed E-state index contributed by atoms with van der Waals surface area (Å²) in [5.41, 5.74) is -0.389. The molecule has 2 amide bonds. The maximum atomic E-state index is 15.6. The maximum absolute atomic E-state index is 15.6. The first-order valence-corrected chi connectivity index (χ1v) is 14.7. The second-order valence-corrected chi connectivity index (χ2v) is 10.8. The van der Waals surface area contributed by atoms with E-state index < -0.39 is 40.8 Å². The number of piperazine rings is 1. The Morgan fingerprint density at radius 2 is 1.74 bits per heavy atom. The molecule has 1 fully saturated rings. The number of aromatic nitrogens is 5. The van der Waals surface area contributed by atoms with E-state index in [0.29, 0.717) is 35.5 Å². The molecule has 47 heavy (non-hydrogen) atoms. The predicted molar refractivity (Wildman–Crippen MR) is 166 cm³/mol. The summed E-state index contributed by atoms with van der Waals surface area (Å²) in [4.78, 5) is 36.6. The molecular formula is C31H29F5N10O. The monoisotopic (exact) mass is 652 g/mol. The lowest BCUT2D eigenvalue weighted by Gasteiger charge is -2.34. The molecule has 1 aliphatic heterocycles. The number of benzene rings is 2. The highest BCUT2D eigenvalue weighted by atomic mass is 19.4.